The second-order valence-electron chi connectivity index (χ2n) is 6.55. The first-order valence-corrected chi connectivity index (χ1v) is 8.97. The molecular formula is C24H16O4. The number of cyclic esters (lactones) is 1. The van der Waals surface area contributed by atoms with Crippen molar-refractivity contribution in [2.24, 2.45) is 0 Å². The molecule has 0 radical (unpaired) electrons. The summed E-state index contributed by atoms with van der Waals surface area (Å²) < 4.78 is 16.2. The molecule has 4 heteroatoms. The summed E-state index contributed by atoms with van der Waals surface area (Å²) in [5, 5.41) is 0. The number of ether oxygens (including phenoxy) is 3. The monoisotopic (exact) mass is 368 g/mol. The molecule has 3 aromatic carbocycles. The van der Waals surface area contributed by atoms with E-state index in [1.165, 1.54) is 0 Å². The Kier molecular flexibility index (Phi) is 3.95. The van der Waals surface area contributed by atoms with Crippen LogP contribution >= 0.6 is 0 Å². The summed E-state index contributed by atoms with van der Waals surface area (Å²) >= 11 is 0. The molecule has 0 aliphatic carbocycles. The third-order valence-corrected chi connectivity index (χ3v) is 4.72. The number of esters is 1. The van der Waals surface area contributed by atoms with E-state index in [4.69, 9.17) is 14.2 Å². The van der Waals surface area contributed by atoms with Gasteiger partial charge in [-0.25, -0.2) is 4.79 Å². The normalized spacial score (nSPS) is 16.2. The first-order chi connectivity index (χ1) is 13.8. The van der Waals surface area contributed by atoms with E-state index < -0.39 is 0 Å². The average molecular weight is 368 g/mol. The fraction of sp³-hybridized carbons (Fsp3) is 0.0417. The van der Waals surface area contributed by atoms with E-state index in [-0.39, 0.29) is 12.8 Å². The number of benzene rings is 3. The maximum atomic E-state index is 12.3. The van der Waals surface area contributed by atoms with Gasteiger partial charge in [0.2, 0.25) is 6.79 Å². The predicted octanol–water partition coefficient (Wildman–Crippen LogP) is 5.06. The Labute approximate surface area is 162 Å². The molecule has 2 heterocycles. The fourth-order valence-electron chi connectivity index (χ4n) is 3.27. The summed E-state index contributed by atoms with van der Waals surface area (Å²) in [6.45, 7) is 0.223. The number of carbonyl (C=O) groups excluding carboxylic acids is 1. The average Bonchev–Trinajstić information content (AvgIpc) is 3.35. The molecular weight excluding hydrogens is 352 g/mol. The van der Waals surface area contributed by atoms with Crippen LogP contribution in [0.4, 0.5) is 0 Å². The number of rotatable bonds is 3. The second-order valence-corrected chi connectivity index (χ2v) is 6.55. The lowest BCUT2D eigenvalue weighted by molar-refractivity contribution is -0.130. The van der Waals surface area contributed by atoms with E-state index in [9.17, 15) is 4.79 Å². The van der Waals surface area contributed by atoms with Crippen LogP contribution < -0.4 is 9.47 Å². The zero-order valence-electron chi connectivity index (χ0n) is 14.9. The van der Waals surface area contributed by atoms with Gasteiger partial charge in [0.15, 0.2) is 11.5 Å². The zero-order valence-corrected chi connectivity index (χ0v) is 14.9. The molecule has 136 valence electrons. The van der Waals surface area contributed by atoms with Crippen LogP contribution in [0.5, 0.6) is 11.5 Å². The summed E-state index contributed by atoms with van der Waals surface area (Å²) in [7, 11) is 0. The number of carbonyl (C=O) groups is 1. The van der Waals surface area contributed by atoms with Crippen LogP contribution in [0, 0.1) is 0 Å². The van der Waals surface area contributed by atoms with Crippen LogP contribution in [0.3, 0.4) is 0 Å². The molecule has 0 bridgehead atoms. The van der Waals surface area contributed by atoms with Gasteiger partial charge < -0.3 is 14.2 Å². The molecule has 0 spiro atoms. The standard InChI is InChI=1S/C24H16O4/c25-24-20(12-16-6-11-21-23(13-16)27-15-26-21)14-22(28-24)19-9-7-18(8-10-19)17-4-2-1-3-5-17/h1-14H,15H2/b20-12+. The lowest BCUT2D eigenvalue weighted by Crippen LogP contribution is -1.97. The zero-order chi connectivity index (χ0) is 18.9. The molecule has 5 rings (SSSR count). The van der Waals surface area contributed by atoms with Crippen LogP contribution in [0.25, 0.3) is 23.0 Å². The molecule has 3 aromatic rings. The smallest absolute Gasteiger partial charge is 0.343 e. The van der Waals surface area contributed by atoms with Crippen molar-refractivity contribution < 1.29 is 19.0 Å². The van der Waals surface area contributed by atoms with Gasteiger partial charge in [-0.05, 0) is 41.0 Å². The molecule has 0 saturated carbocycles. The minimum absolute atomic E-state index is 0.223. The Morgan fingerprint density at radius 1 is 0.750 bits per heavy atom. The maximum Gasteiger partial charge on any atom is 0.343 e. The van der Waals surface area contributed by atoms with Crippen molar-refractivity contribution in [1.29, 1.82) is 0 Å². The molecule has 0 atom stereocenters. The third-order valence-electron chi connectivity index (χ3n) is 4.72. The van der Waals surface area contributed by atoms with Crippen molar-refractivity contribution in [2.75, 3.05) is 6.79 Å². The van der Waals surface area contributed by atoms with Crippen molar-refractivity contribution in [1.82, 2.24) is 0 Å². The van der Waals surface area contributed by atoms with Gasteiger partial charge >= 0.3 is 5.97 Å². The van der Waals surface area contributed by atoms with E-state index in [0.717, 1.165) is 22.3 Å². The second kappa shape index (κ2) is 6.74. The van der Waals surface area contributed by atoms with Crippen LogP contribution in [0.15, 0.2) is 84.4 Å². The molecule has 0 N–H and O–H groups in total. The number of hydrogen-bond donors (Lipinski definition) is 0. The first-order valence-electron chi connectivity index (χ1n) is 8.97. The lowest BCUT2D eigenvalue weighted by atomic mass is 10.0. The quantitative estimate of drug-likeness (QED) is 0.479. The van der Waals surface area contributed by atoms with Gasteiger partial charge in [0, 0.05) is 5.56 Å². The molecule has 0 fully saturated rings. The first kappa shape index (κ1) is 16.4. The third kappa shape index (κ3) is 3.05. The van der Waals surface area contributed by atoms with Crippen LogP contribution in [0.2, 0.25) is 0 Å². The predicted molar refractivity (Wildman–Crippen MR) is 106 cm³/mol. The van der Waals surface area contributed by atoms with Gasteiger partial charge in [-0.3, -0.25) is 0 Å². The van der Waals surface area contributed by atoms with E-state index >= 15 is 0 Å². The Bertz CT molecular complexity index is 1110. The number of fused-ring (bicyclic) bond motifs is 1. The SMILES string of the molecule is O=C1OC(c2ccc(-c3ccccc3)cc2)=C/C1=C\c1ccc2c(c1)OCO2. The van der Waals surface area contributed by atoms with Gasteiger partial charge in [0.05, 0.1) is 5.57 Å². The van der Waals surface area contributed by atoms with Gasteiger partial charge in [-0.2, -0.15) is 0 Å². The van der Waals surface area contributed by atoms with Crippen LogP contribution in [-0.2, 0) is 9.53 Å². The summed E-state index contributed by atoms with van der Waals surface area (Å²) in [5.74, 6) is 1.59. The molecule has 0 unspecified atom stereocenters. The van der Waals surface area contributed by atoms with Gasteiger partial charge in [0.25, 0.3) is 0 Å². The van der Waals surface area contributed by atoms with Crippen LogP contribution in [0.1, 0.15) is 11.1 Å². The Balaban J connectivity index is 1.41. The highest BCUT2D eigenvalue weighted by molar-refractivity contribution is 6.05. The van der Waals surface area contributed by atoms with E-state index in [2.05, 4.69) is 12.1 Å². The summed E-state index contributed by atoms with van der Waals surface area (Å²) in [6, 6.07) is 23.7. The molecule has 2 aliphatic rings. The Morgan fingerprint density at radius 2 is 1.46 bits per heavy atom. The molecule has 0 amide bonds. The van der Waals surface area contributed by atoms with Crippen molar-refractivity contribution in [3.63, 3.8) is 0 Å². The summed E-state index contributed by atoms with van der Waals surface area (Å²) in [5.41, 5.74) is 4.48. The molecule has 2 aliphatic heterocycles. The van der Waals surface area contributed by atoms with Crippen LogP contribution in [-0.4, -0.2) is 12.8 Å². The lowest BCUT2D eigenvalue weighted by Gasteiger charge is -2.05. The number of hydrogen-bond acceptors (Lipinski definition) is 4. The summed E-state index contributed by atoms with van der Waals surface area (Å²) in [6.07, 6.45) is 3.56. The van der Waals surface area contributed by atoms with E-state index in [1.807, 2.05) is 60.7 Å². The molecule has 28 heavy (non-hydrogen) atoms. The highest BCUT2D eigenvalue weighted by Crippen LogP contribution is 2.34. The van der Waals surface area contributed by atoms with Gasteiger partial charge in [-0.1, -0.05) is 60.7 Å². The maximum absolute atomic E-state index is 12.3. The van der Waals surface area contributed by atoms with E-state index in [0.29, 0.717) is 22.8 Å². The minimum atomic E-state index is -0.361. The molecule has 0 saturated heterocycles. The molecule has 0 aromatic heterocycles. The van der Waals surface area contributed by atoms with Crippen molar-refractivity contribution in [3.8, 4) is 22.6 Å². The minimum Gasteiger partial charge on any atom is -0.454 e. The fourth-order valence-corrected chi connectivity index (χ4v) is 3.27. The van der Waals surface area contributed by atoms with Gasteiger partial charge in [0.1, 0.15) is 5.76 Å². The molecule has 4 nitrogen and oxygen atoms in total. The van der Waals surface area contributed by atoms with Gasteiger partial charge in [-0.15, -0.1) is 0 Å². The highest BCUT2D eigenvalue weighted by Gasteiger charge is 2.22. The Morgan fingerprint density at radius 3 is 2.29 bits per heavy atom. The largest absolute Gasteiger partial charge is 0.454 e. The van der Waals surface area contributed by atoms with Crippen molar-refractivity contribution in [3.05, 3.63) is 95.6 Å². The van der Waals surface area contributed by atoms with Crippen molar-refractivity contribution >= 4 is 17.8 Å². The topological polar surface area (TPSA) is 44.8 Å². The summed E-state index contributed by atoms with van der Waals surface area (Å²) in [4.78, 5) is 12.3. The Hall–Kier alpha value is -3.79. The van der Waals surface area contributed by atoms with Crippen molar-refractivity contribution in [2.45, 2.75) is 0 Å². The van der Waals surface area contributed by atoms with E-state index in [1.54, 1.807) is 12.2 Å². The highest BCUT2D eigenvalue weighted by atomic mass is 16.7.